The highest BCUT2D eigenvalue weighted by Gasteiger charge is 2.08. The predicted molar refractivity (Wildman–Crippen MR) is 75.4 cm³/mol. The lowest BCUT2D eigenvalue weighted by molar-refractivity contribution is 0.0465. The van der Waals surface area contributed by atoms with Gasteiger partial charge in [0.1, 0.15) is 12.3 Å². The first-order valence-corrected chi connectivity index (χ1v) is 6.55. The number of rotatable bonds is 4. The molecule has 1 heterocycles. The van der Waals surface area contributed by atoms with Crippen molar-refractivity contribution in [3.8, 4) is 0 Å². The first-order valence-electron chi connectivity index (χ1n) is 5.75. The van der Waals surface area contributed by atoms with E-state index in [-0.39, 0.29) is 12.3 Å². The number of carbonyl (C=O) groups is 1. The molecule has 2 aromatic rings. The summed E-state index contributed by atoms with van der Waals surface area (Å²) in [6.07, 6.45) is 1.58. The summed E-state index contributed by atoms with van der Waals surface area (Å²) >= 11 is 3.35. The normalized spacial score (nSPS) is 10.2. The molecule has 0 fully saturated rings. The van der Waals surface area contributed by atoms with Crippen molar-refractivity contribution in [2.75, 3.05) is 0 Å². The van der Waals surface area contributed by atoms with Gasteiger partial charge in [-0.25, -0.2) is 9.78 Å². The fourth-order valence-corrected chi connectivity index (χ4v) is 1.73. The van der Waals surface area contributed by atoms with E-state index in [2.05, 4.69) is 20.9 Å². The number of hydrogen-bond donors (Lipinski definition) is 1. The zero-order chi connectivity index (χ0) is 13.7. The number of nitrogens with two attached hydrogens (primary N) is 1. The Morgan fingerprint density at radius 1 is 1.16 bits per heavy atom. The Hall–Kier alpha value is -1.72. The molecular formula is C14H13BrN2O2. The quantitative estimate of drug-likeness (QED) is 0.879. The summed E-state index contributed by atoms with van der Waals surface area (Å²) in [5, 5.41) is 0. The molecule has 5 heteroatoms. The van der Waals surface area contributed by atoms with Gasteiger partial charge in [0.25, 0.3) is 0 Å². The summed E-state index contributed by atoms with van der Waals surface area (Å²) in [5.41, 5.74) is 7.55. The van der Waals surface area contributed by atoms with Gasteiger partial charge in [-0.15, -0.1) is 0 Å². The van der Waals surface area contributed by atoms with E-state index in [1.807, 2.05) is 24.3 Å². The van der Waals surface area contributed by atoms with Gasteiger partial charge < -0.3 is 10.5 Å². The summed E-state index contributed by atoms with van der Waals surface area (Å²) < 4.78 is 6.17. The largest absolute Gasteiger partial charge is 0.456 e. The number of hydrogen-bond acceptors (Lipinski definition) is 4. The Morgan fingerprint density at radius 3 is 2.42 bits per heavy atom. The standard InChI is InChI=1S/C14H13BrN2O2/c15-12-4-1-10(2-5-12)9-19-14(18)13-6-3-11(7-16)8-17-13/h1-6,8H,7,9,16H2. The SMILES string of the molecule is NCc1ccc(C(=O)OCc2ccc(Br)cc2)nc1. The van der Waals surface area contributed by atoms with E-state index in [1.54, 1.807) is 18.3 Å². The molecule has 1 aromatic carbocycles. The summed E-state index contributed by atoms with van der Waals surface area (Å²) in [4.78, 5) is 15.8. The van der Waals surface area contributed by atoms with Crippen molar-refractivity contribution in [1.29, 1.82) is 0 Å². The predicted octanol–water partition coefficient (Wildman–Crippen LogP) is 2.66. The highest BCUT2D eigenvalue weighted by atomic mass is 79.9. The molecule has 0 bridgehead atoms. The molecule has 0 amide bonds. The van der Waals surface area contributed by atoms with E-state index in [1.165, 1.54) is 0 Å². The summed E-state index contributed by atoms with van der Waals surface area (Å²) in [6, 6.07) is 11.0. The molecule has 4 nitrogen and oxygen atoms in total. The molecule has 0 radical (unpaired) electrons. The van der Waals surface area contributed by atoms with E-state index >= 15 is 0 Å². The third-order valence-electron chi connectivity index (χ3n) is 2.55. The number of nitrogens with zero attached hydrogens (tertiary/aromatic N) is 1. The number of aromatic nitrogens is 1. The Morgan fingerprint density at radius 2 is 1.84 bits per heavy atom. The van der Waals surface area contributed by atoms with Crippen LogP contribution in [0.1, 0.15) is 21.6 Å². The second-order valence-electron chi connectivity index (χ2n) is 3.96. The van der Waals surface area contributed by atoms with Crippen molar-refractivity contribution in [3.63, 3.8) is 0 Å². The minimum atomic E-state index is -0.438. The molecule has 0 aliphatic carbocycles. The van der Waals surface area contributed by atoms with Crippen LogP contribution in [0, 0.1) is 0 Å². The van der Waals surface area contributed by atoms with Gasteiger partial charge >= 0.3 is 5.97 Å². The molecule has 0 saturated heterocycles. The van der Waals surface area contributed by atoms with Crippen molar-refractivity contribution in [2.45, 2.75) is 13.2 Å². The number of pyridine rings is 1. The van der Waals surface area contributed by atoms with Crippen LogP contribution in [0.5, 0.6) is 0 Å². The van der Waals surface area contributed by atoms with E-state index in [4.69, 9.17) is 10.5 Å². The highest BCUT2D eigenvalue weighted by molar-refractivity contribution is 9.10. The van der Waals surface area contributed by atoms with Crippen molar-refractivity contribution < 1.29 is 9.53 Å². The molecule has 0 spiro atoms. The maximum Gasteiger partial charge on any atom is 0.357 e. The van der Waals surface area contributed by atoms with Crippen molar-refractivity contribution in [2.24, 2.45) is 5.73 Å². The first-order chi connectivity index (χ1) is 9.19. The molecule has 0 saturated carbocycles. The fraction of sp³-hybridized carbons (Fsp3) is 0.143. The van der Waals surface area contributed by atoms with Crippen molar-refractivity contribution in [1.82, 2.24) is 4.98 Å². The number of carbonyl (C=O) groups excluding carboxylic acids is 1. The Balaban J connectivity index is 1.95. The zero-order valence-electron chi connectivity index (χ0n) is 10.2. The van der Waals surface area contributed by atoms with Crippen LogP contribution in [0.15, 0.2) is 47.1 Å². The first kappa shape index (κ1) is 13.7. The smallest absolute Gasteiger partial charge is 0.357 e. The minimum absolute atomic E-state index is 0.229. The molecule has 2 rings (SSSR count). The number of ether oxygens (including phenoxy) is 1. The Bertz CT molecular complexity index is 553. The average Bonchev–Trinajstić information content (AvgIpc) is 2.46. The van der Waals surface area contributed by atoms with Crippen LogP contribution in [-0.2, 0) is 17.9 Å². The summed E-state index contributed by atoms with van der Waals surface area (Å²) in [5.74, 6) is -0.438. The lowest BCUT2D eigenvalue weighted by atomic mass is 10.2. The Kier molecular flexibility index (Phi) is 4.65. The number of esters is 1. The van der Waals surface area contributed by atoms with Gasteiger partial charge in [0.15, 0.2) is 0 Å². The lowest BCUT2D eigenvalue weighted by Gasteiger charge is -2.05. The maximum atomic E-state index is 11.8. The van der Waals surface area contributed by atoms with E-state index in [0.29, 0.717) is 6.54 Å². The molecule has 2 N–H and O–H groups in total. The number of halogens is 1. The van der Waals surface area contributed by atoms with Crippen LogP contribution in [0.2, 0.25) is 0 Å². The van der Waals surface area contributed by atoms with E-state index < -0.39 is 5.97 Å². The van der Waals surface area contributed by atoms with Gasteiger partial charge in [-0.3, -0.25) is 0 Å². The second kappa shape index (κ2) is 6.45. The molecular weight excluding hydrogens is 308 g/mol. The van der Waals surface area contributed by atoms with Crippen LogP contribution in [-0.4, -0.2) is 11.0 Å². The molecule has 98 valence electrons. The molecule has 0 atom stereocenters. The van der Waals surface area contributed by atoms with Gasteiger partial charge in [-0.1, -0.05) is 34.1 Å². The number of benzene rings is 1. The summed E-state index contributed by atoms with van der Waals surface area (Å²) in [6.45, 7) is 0.633. The molecule has 0 aliphatic rings. The van der Waals surface area contributed by atoms with Crippen LogP contribution in [0.4, 0.5) is 0 Å². The topological polar surface area (TPSA) is 65.2 Å². The van der Waals surface area contributed by atoms with Crippen molar-refractivity contribution in [3.05, 3.63) is 63.9 Å². The molecule has 0 aliphatic heterocycles. The van der Waals surface area contributed by atoms with Crippen LogP contribution in [0.25, 0.3) is 0 Å². The van der Waals surface area contributed by atoms with Crippen LogP contribution >= 0.6 is 15.9 Å². The fourth-order valence-electron chi connectivity index (χ4n) is 1.47. The van der Waals surface area contributed by atoms with Gasteiger partial charge in [-0.05, 0) is 29.3 Å². The lowest BCUT2D eigenvalue weighted by Crippen LogP contribution is -2.08. The molecule has 19 heavy (non-hydrogen) atoms. The van der Waals surface area contributed by atoms with Crippen LogP contribution in [0.3, 0.4) is 0 Å². The van der Waals surface area contributed by atoms with Gasteiger partial charge in [0.2, 0.25) is 0 Å². The average molecular weight is 321 g/mol. The van der Waals surface area contributed by atoms with Crippen LogP contribution < -0.4 is 5.73 Å². The Labute approximate surface area is 119 Å². The third kappa shape index (κ3) is 3.87. The van der Waals surface area contributed by atoms with E-state index in [0.717, 1.165) is 15.6 Å². The van der Waals surface area contributed by atoms with Gasteiger partial charge in [-0.2, -0.15) is 0 Å². The monoisotopic (exact) mass is 320 g/mol. The summed E-state index contributed by atoms with van der Waals surface area (Å²) in [7, 11) is 0. The molecule has 1 aromatic heterocycles. The zero-order valence-corrected chi connectivity index (χ0v) is 11.8. The maximum absolute atomic E-state index is 11.8. The third-order valence-corrected chi connectivity index (χ3v) is 3.08. The molecule has 0 unspecified atom stereocenters. The highest BCUT2D eigenvalue weighted by Crippen LogP contribution is 2.12. The van der Waals surface area contributed by atoms with Crippen molar-refractivity contribution >= 4 is 21.9 Å². The van der Waals surface area contributed by atoms with Gasteiger partial charge in [0, 0.05) is 17.2 Å². The van der Waals surface area contributed by atoms with Gasteiger partial charge in [0.05, 0.1) is 0 Å². The van der Waals surface area contributed by atoms with E-state index in [9.17, 15) is 4.79 Å². The minimum Gasteiger partial charge on any atom is -0.456 e. The second-order valence-corrected chi connectivity index (χ2v) is 4.87.